The zero-order valence-corrected chi connectivity index (χ0v) is 13.0. The Morgan fingerprint density at radius 3 is 2.89 bits per heavy atom. The van der Waals surface area contributed by atoms with Gasteiger partial charge in [0.1, 0.15) is 5.78 Å². The molecule has 1 aromatic carbocycles. The third-order valence-electron chi connectivity index (χ3n) is 3.49. The number of benzene rings is 1. The number of carbonyl (C=O) groups excluding carboxylic acids is 1. The molecule has 4 heteroatoms. The monoisotopic (exact) mass is 296 g/mol. The minimum absolute atomic E-state index is 0.321. The van der Waals surface area contributed by atoms with Crippen LogP contribution in [0.4, 0.5) is 5.69 Å². The highest BCUT2D eigenvalue weighted by molar-refractivity contribution is 8.13. The van der Waals surface area contributed by atoms with Crippen LogP contribution in [0.3, 0.4) is 0 Å². The molecular weight excluding hydrogens is 278 g/mol. The van der Waals surface area contributed by atoms with E-state index in [0.717, 1.165) is 24.4 Å². The van der Waals surface area contributed by atoms with Crippen LogP contribution in [0.25, 0.3) is 0 Å². The third kappa shape index (κ3) is 3.40. The summed E-state index contributed by atoms with van der Waals surface area (Å²) in [6, 6.07) is 6.05. The molecule has 0 atom stereocenters. The Morgan fingerprint density at radius 1 is 1.42 bits per heavy atom. The van der Waals surface area contributed by atoms with Crippen molar-refractivity contribution in [1.29, 1.82) is 0 Å². The Hall–Kier alpha value is -0.800. The first-order valence-corrected chi connectivity index (χ1v) is 8.23. The molecular formula is C15H19ClNOS+. The van der Waals surface area contributed by atoms with Crippen molar-refractivity contribution in [3.63, 3.8) is 0 Å². The van der Waals surface area contributed by atoms with Crippen molar-refractivity contribution < 1.29 is 9.37 Å². The Morgan fingerprint density at radius 2 is 2.21 bits per heavy atom. The predicted octanol–water partition coefficient (Wildman–Crippen LogP) is 4.06. The maximum Gasteiger partial charge on any atom is 0.216 e. The number of halogens is 1. The van der Waals surface area contributed by atoms with E-state index < -0.39 is 0 Å². The Kier molecular flexibility index (Phi) is 5.06. The van der Waals surface area contributed by atoms with E-state index in [4.69, 9.17) is 11.6 Å². The molecule has 0 saturated heterocycles. The molecule has 1 aliphatic rings. The Labute approximate surface area is 123 Å². The van der Waals surface area contributed by atoms with Crippen LogP contribution in [0, 0.1) is 0 Å². The molecule has 1 aliphatic heterocycles. The number of hydrogen-bond donors (Lipinski definition) is 0. The van der Waals surface area contributed by atoms with Crippen molar-refractivity contribution in [3.05, 3.63) is 28.8 Å². The van der Waals surface area contributed by atoms with Gasteiger partial charge in [-0.3, -0.25) is 4.79 Å². The fraction of sp³-hybridized carbons (Fsp3) is 0.467. The van der Waals surface area contributed by atoms with E-state index in [1.165, 1.54) is 16.3 Å². The molecule has 1 heterocycles. The third-order valence-corrected chi connectivity index (χ3v) is 4.62. The summed E-state index contributed by atoms with van der Waals surface area (Å²) >= 11 is 7.84. The lowest BCUT2D eigenvalue weighted by molar-refractivity contribution is -0.440. The molecule has 0 bridgehead atoms. The molecule has 1 aromatic rings. The van der Waals surface area contributed by atoms with Gasteiger partial charge >= 0.3 is 0 Å². The molecule has 0 unspecified atom stereocenters. The highest BCUT2D eigenvalue weighted by Gasteiger charge is 2.26. The van der Waals surface area contributed by atoms with Crippen LogP contribution in [-0.2, 0) is 11.2 Å². The molecule has 102 valence electrons. The normalized spacial score (nSPS) is 14.5. The van der Waals surface area contributed by atoms with Crippen molar-refractivity contribution in [2.24, 2.45) is 0 Å². The fourth-order valence-electron chi connectivity index (χ4n) is 2.40. The zero-order chi connectivity index (χ0) is 13.8. The van der Waals surface area contributed by atoms with Crippen molar-refractivity contribution in [3.8, 4) is 0 Å². The second kappa shape index (κ2) is 6.58. The second-order valence-electron chi connectivity index (χ2n) is 4.66. The summed E-state index contributed by atoms with van der Waals surface area (Å²) in [5, 5.41) is 2.13. The van der Waals surface area contributed by atoms with E-state index in [-0.39, 0.29) is 0 Å². The van der Waals surface area contributed by atoms with E-state index in [1.807, 2.05) is 19.1 Å². The average Bonchev–Trinajstić information content (AvgIpc) is 2.43. The van der Waals surface area contributed by atoms with Gasteiger partial charge in [0.25, 0.3) is 0 Å². The smallest absolute Gasteiger partial charge is 0.216 e. The number of thioether (sulfide) groups is 1. The fourth-order valence-corrected chi connectivity index (χ4v) is 3.31. The molecule has 2 rings (SSSR count). The van der Waals surface area contributed by atoms with E-state index in [2.05, 4.69) is 16.9 Å². The van der Waals surface area contributed by atoms with Gasteiger partial charge in [0.05, 0.1) is 6.42 Å². The van der Waals surface area contributed by atoms with Gasteiger partial charge in [0, 0.05) is 29.5 Å². The minimum atomic E-state index is 0.321. The van der Waals surface area contributed by atoms with Crippen molar-refractivity contribution in [1.82, 2.24) is 0 Å². The standard InChI is InChI=1S/C15H19ClNOS/c1-3-13(18)8-9-17-14-6-5-12(16)10-11(14)4-7-15(17)19-2/h5-6,10H,3-4,7-9H2,1-2H3/q+1. The highest BCUT2D eigenvalue weighted by atomic mass is 35.5. The number of carbonyl (C=O) groups is 1. The van der Waals surface area contributed by atoms with Crippen molar-refractivity contribution in [2.45, 2.75) is 32.6 Å². The zero-order valence-electron chi connectivity index (χ0n) is 11.4. The van der Waals surface area contributed by atoms with Gasteiger partial charge in [-0.25, -0.2) is 0 Å². The largest absolute Gasteiger partial charge is 0.299 e. The molecule has 0 aromatic heterocycles. The van der Waals surface area contributed by atoms with Crippen LogP contribution in [0.1, 0.15) is 31.7 Å². The summed E-state index contributed by atoms with van der Waals surface area (Å²) in [4.78, 5) is 11.6. The first kappa shape index (κ1) is 14.6. The van der Waals surface area contributed by atoms with Crippen LogP contribution in [0.15, 0.2) is 18.2 Å². The van der Waals surface area contributed by atoms with Crippen LogP contribution in [-0.4, -0.2) is 28.2 Å². The van der Waals surface area contributed by atoms with Gasteiger partial charge in [0.2, 0.25) is 10.7 Å². The van der Waals surface area contributed by atoms with Crippen molar-refractivity contribution >= 4 is 39.9 Å². The van der Waals surface area contributed by atoms with Gasteiger partial charge < -0.3 is 0 Å². The number of Topliss-reactive ketones (excluding diaryl/α,β-unsaturated/α-hetero) is 1. The summed E-state index contributed by atoms with van der Waals surface area (Å²) in [5.74, 6) is 0.321. The molecule has 0 aliphatic carbocycles. The second-order valence-corrected chi connectivity index (χ2v) is 5.98. The molecule has 2 nitrogen and oxygen atoms in total. The van der Waals surface area contributed by atoms with Gasteiger partial charge in [-0.1, -0.05) is 30.3 Å². The number of ketones is 1. The topological polar surface area (TPSA) is 20.1 Å². The van der Waals surface area contributed by atoms with E-state index >= 15 is 0 Å². The van der Waals surface area contributed by atoms with Gasteiger partial charge in [-0.05, 0) is 24.8 Å². The SMILES string of the molecule is CCC(=O)CC[N+]1=C(SC)CCc2cc(Cl)ccc21. The summed E-state index contributed by atoms with van der Waals surface area (Å²) in [6.45, 7) is 2.70. The highest BCUT2D eigenvalue weighted by Crippen LogP contribution is 2.30. The van der Waals surface area contributed by atoms with Gasteiger partial charge in [0.15, 0.2) is 6.54 Å². The number of aryl methyl sites for hydroxylation is 1. The van der Waals surface area contributed by atoms with Crippen molar-refractivity contribution in [2.75, 3.05) is 12.8 Å². The van der Waals surface area contributed by atoms with E-state index in [9.17, 15) is 4.79 Å². The number of hydrogen-bond acceptors (Lipinski definition) is 2. The Balaban J connectivity index is 2.30. The predicted molar refractivity (Wildman–Crippen MR) is 83.0 cm³/mol. The number of fused-ring (bicyclic) bond motifs is 1. The minimum Gasteiger partial charge on any atom is -0.299 e. The quantitative estimate of drug-likeness (QED) is 0.781. The van der Waals surface area contributed by atoms with Gasteiger partial charge in [-0.15, -0.1) is 0 Å². The van der Waals surface area contributed by atoms with Crippen LogP contribution in [0.5, 0.6) is 0 Å². The molecule has 0 amide bonds. The van der Waals surface area contributed by atoms with Crippen LogP contribution in [0.2, 0.25) is 5.02 Å². The van der Waals surface area contributed by atoms with Crippen LogP contribution >= 0.6 is 23.4 Å². The molecule has 0 spiro atoms. The van der Waals surface area contributed by atoms with E-state index in [1.54, 1.807) is 11.8 Å². The maximum atomic E-state index is 11.6. The summed E-state index contributed by atoms with van der Waals surface area (Å²) in [7, 11) is 0. The Bertz CT molecular complexity index is 525. The molecule has 19 heavy (non-hydrogen) atoms. The molecule has 0 radical (unpaired) electrons. The summed E-state index contributed by atoms with van der Waals surface area (Å²) < 4.78 is 2.29. The maximum absolute atomic E-state index is 11.6. The number of nitrogens with zero attached hydrogens (tertiary/aromatic N) is 1. The van der Waals surface area contributed by atoms with E-state index in [0.29, 0.717) is 18.6 Å². The lowest BCUT2D eigenvalue weighted by atomic mass is 10.0. The lowest BCUT2D eigenvalue weighted by Crippen LogP contribution is -2.23. The first-order chi connectivity index (χ1) is 9.15. The van der Waals surface area contributed by atoms with Gasteiger partial charge in [-0.2, -0.15) is 4.58 Å². The first-order valence-electron chi connectivity index (χ1n) is 6.63. The molecule has 0 fully saturated rings. The number of rotatable bonds is 4. The van der Waals surface area contributed by atoms with Crippen LogP contribution < -0.4 is 0 Å². The average molecular weight is 297 g/mol. The lowest BCUT2D eigenvalue weighted by Gasteiger charge is -2.16. The molecule has 0 saturated carbocycles. The molecule has 0 N–H and O–H groups in total. The summed E-state index contributed by atoms with van der Waals surface area (Å²) in [6.07, 6.45) is 5.41. The summed E-state index contributed by atoms with van der Waals surface area (Å²) in [5.41, 5.74) is 2.50.